The maximum atomic E-state index is 6.01. The van der Waals surface area contributed by atoms with Gasteiger partial charge in [0.25, 0.3) is 0 Å². The quantitative estimate of drug-likeness (QED) is 0.694. The van der Waals surface area contributed by atoms with E-state index in [1.54, 1.807) is 0 Å². The molecular formula is C13H15BrIN5. The van der Waals surface area contributed by atoms with Gasteiger partial charge >= 0.3 is 0 Å². The fourth-order valence-electron chi connectivity index (χ4n) is 2.39. The highest BCUT2D eigenvalue weighted by molar-refractivity contribution is 14.1. The van der Waals surface area contributed by atoms with Gasteiger partial charge < -0.3 is 10.6 Å². The molecule has 3 N–H and O–H groups in total. The van der Waals surface area contributed by atoms with E-state index in [0.29, 0.717) is 0 Å². The number of hydrogen-bond acceptors (Lipinski definition) is 4. The monoisotopic (exact) mass is 447 g/mol. The van der Waals surface area contributed by atoms with Gasteiger partial charge in [-0.2, -0.15) is 4.98 Å². The van der Waals surface area contributed by atoms with E-state index < -0.39 is 0 Å². The Morgan fingerprint density at radius 2 is 2.30 bits per heavy atom. The number of rotatable bonds is 2. The predicted molar refractivity (Wildman–Crippen MR) is 91.7 cm³/mol. The molecule has 2 aromatic rings. The highest BCUT2D eigenvalue weighted by Crippen LogP contribution is 2.28. The molecule has 1 fully saturated rings. The van der Waals surface area contributed by atoms with E-state index in [2.05, 4.69) is 70.7 Å². The first kappa shape index (κ1) is 14.3. The number of nitrogens with two attached hydrogens (primary N) is 1. The molecule has 1 aromatic heterocycles. The van der Waals surface area contributed by atoms with Gasteiger partial charge in [0.15, 0.2) is 5.82 Å². The predicted octanol–water partition coefficient (Wildman–Crippen LogP) is 2.77. The summed E-state index contributed by atoms with van der Waals surface area (Å²) in [5.41, 5.74) is 7.03. The van der Waals surface area contributed by atoms with Gasteiger partial charge in [0.05, 0.1) is 0 Å². The van der Waals surface area contributed by atoms with Gasteiger partial charge in [-0.3, -0.25) is 5.10 Å². The zero-order valence-corrected chi connectivity index (χ0v) is 14.6. The molecule has 1 unspecified atom stereocenters. The Hall–Kier alpha value is -0.670. The van der Waals surface area contributed by atoms with Crippen molar-refractivity contribution in [3.63, 3.8) is 0 Å². The number of anilines is 1. The summed E-state index contributed by atoms with van der Waals surface area (Å²) in [5, 5.41) is 7.36. The molecule has 1 aliphatic heterocycles. The van der Waals surface area contributed by atoms with E-state index in [1.807, 2.05) is 6.07 Å². The molecule has 1 atom stereocenters. The van der Waals surface area contributed by atoms with Gasteiger partial charge in [-0.05, 0) is 53.6 Å². The number of nitrogens with one attached hydrogen (secondary N) is 1. The van der Waals surface area contributed by atoms with Crippen LogP contribution in [0.1, 0.15) is 12.8 Å². The zero-order valence-electron chi connectivity index (χ0n) is 10.8. The number of nitrogens with zero attached hydrogens (tertiary/aromatic N) is 3. The second-order valence-corrected chi connectivity index (χ2v) is 7.06. The molecule has 0 saturated carbocycles. The zero-order chi connectivity index (χ0) is 14.1. The summed E-state index contributed by atoms with van der Waals surface area (Å²) < 4.78 is 2.18. The van der Waals surface area contributed by atoms with Crippen molar-refractivity contribution >= 4 is 44.5 Å². The summed E-state index contributed by atoms with van der Waals surface area (Å²) in [6.45, 7) is 1.79. The van der Waals surface area contributed by atoms with Crippen molar-refractivity contribution in [1.82, 2.24) is 15.2 Å². The number of piperidine rings is 1. The first-order chi connectivity index (χ1) is 9.63. The highest BCUT2D eigenvalue weighted by Gasteiger charge is 2.20. The highest BCUT2D eigenvalue weighted by atomic mass is 127. The molecule has 3 rings (SSSR count). The summed E-state index contributed by atoms with van der Waals surface area (Å²) in [7, 11) is 0. The van der Waals surface area contributed by atoms with Crippen molar-refractivity contribution in [3.05, 3.63) is 26.2 Å². The Morgan fingerprint density at radius 1 is 1.45 bits per heavy atom. The summed E-state index contributed by atoms with van der Waals surface area (Å²) in [6.07, 6.45) is 2.17. The van der Waals surface area contributed by atoms with E-state index in [4.69, 9.17) is 5.73 Å². The SMILES string of the molecule is NC1CCCN(c2n[nH]c(-c3cc(I)ccc3Br)n2)C1. The smallest absolute Gasteiger partial charge is 0.245 e. The minimum Gasteiger partial charge on any atom is -0.338 e. The minimum atomic E-state index is 0.218. The molecule has 7 heteroatoms. The number of hydrogen-bond donors (Lipinski definition) is 2. The van der Waals surface area contributed by atoms with Crippen molar-refractivity contribution in [1.29, 1.82) is 0 Å². The molecule has 1 aliphatic rings. The van der Waals surface area contributed by atoms with Crippen LogP contribution in [0.2, 0.25) is 0 Å². The lowest BCUT2D eigenvalue weighted by Gasteiger charge is -2.29. The van der Waals surface area contributed by atoms with Crippen LogP contribution in [0, 0.1) is 3.57 Å². The molecule has 20 heavy (non-hydrogen) atoms. The normalized spacial score (nSPS) is 19.4. The third kappa shape index (κ3) is 2.99. The Bertz CT molecular complexity index is 615. The molecule has 0 radical (unpaired) electrons. The number of H-pyrrole nitrogens is 1. The van der Waals surface area contributed by atoms with Gasteiger partial charge in [0, 0.05) is 32.7 Å². The maximum Gasteiger partial charge on any atom is 0.245 e. The number of aromatic amines is 1. The molecule has 1 saturated heterocycles. The third-order valence-electron chi connectivity index (χ3n) is 3.40. The molecule has 2 heterocycles. The van der Waals surface area contributed by atoms with Gasteiger partial charge in [-0.15, -0.1) is 5.10 Å². The molecule has 106 valence electrons. The topological polar surface area (TPSA) is 70.8 Å². The fourth-order valence-corrected chi connectivity index (χ4v) is 3.31. The number of aromatic nitrogens is 3. The van der Waals surface area contributed by atoms with Crippen LogP contribution >= 0.6 is 38.5 Å². The van der Waals surface area contributed by atoms with Crippen LogP contribution in [0.4, 0.5) is 5.95 Å². The second kappa shape index (κ2) is 5.98. The molecule has 0 aliphatic carbocycles. The average Bonchev–Trinajstić information content (AvgIpc) is 2.91. The molecule has 0 amide bonds. The lowest BCUT2D eigenvalue weighted by atomic mass is 10.1. The Morgan fingerprint density at radius 3 is 3.10 bits per heavy atom. The first-order valence-corrected chi connectivity index (χ1v) is 8.39. The van der Waals surface area contributed by atoms with Gasteiger partial charge in [0.2, 0.25) is 5.95 Å². The standard InChI is InChI=1S/C13H15BrIN5/c14-11-4-3-8(15)6-10(11)12-17-13(19-18-12)20-5-1-2-9(16)7-20/h3-4,6,9H,1-2,5,7,16H2,(H,17,18,19). The Kier molecular flexibility index (Phi) is 4.27. The fraction of sp³-hybridized carbons (Fsp3) is 0.385. The van der Waals surface area contributed by atoms with Crippen LogP contribution in [0.5, 0.6) is 0 Å². The van der Waals surface area contributed by atoms with Crippen molar-refractivity contribution in [2.75, 3.05) is 18.0 Å². The van der Waals surface area contributed by atoms with E-state index in [9.17, 15) is 0 Å². The lowest BCUT2D eigenvalue weighted by molar-refractivity contribution is 0.500. The summed E-state index contributed by atoms with van der Waals surface area (Å²) in [5.74, 6) is 1.52. The van der Waals surface area contributed by atoms with Crippen LogP contribution in [0.25, 0.3) is 11.4 Å². The Labute approximate surface area is 139 Å². The van der Waals surface area contributed by atoms with E-state index in [1.165, 1.54) is 3.57 Å². The maximum absolute atomic E-state index is 6.01. The summed E-state index contributed by atoms with van der Waals surface area (Å²) >= 11 is 5.85. The van der Waals surface area contributed by atoms with Crippen LogP contribution in [-0.2, 0) is 0 Å². The molecule has 0 bridgehead atoms. The van der Waals surface area contributed by atoms with E-state index in [-0.39, 0.29) is 6.04 Å². The minimum absolute atomic E-state index is 0.218. The van der Waals surface area contributed by atoms with Gasteiger partial charge in [0.1, 0.15) is 0 Å². The third-order valence-corrected chi connectivity index (χ3v) is 4.76. The average molecular weight is 448 g/mol. The van der Waals surface area contributed by atoms with E-state index >= 15 is 0 Å². The Balaban J connectivity index is 1.88. The van der Waals surface area contributed by atoms with Crippen LogP contribution < -0.4 is 10.6 Å². The van der Waals surface area contributed by atoms with Gasteiger partial charge in [-0.1, -0.05) is 15.9 Å². The number of benzene rings is 1. The van der Waals surface area contributed by atoms with Crippen molar-refractivity contribution < 1.29 is 0 Å². The first-order valence-electron chi connectivity index (χ1n) is 6.52. The number of halogens is 2. The summed E-state index contributed by atoms with van der Waals surface area (Å²) in [6, 6.07) is 6.37. The van der Waals surface area contributed by atoms with Crippen LogP contribution in [0.15, 0.2) is 22.7 Å². The van der Waals surface area contributed by atoms with Gasteiger partial charge in [-0.25, -0.2) is 0 Å². The largest absolute Gasteiger partial charge is 0.338 e. The molecule has 0 spiro atoms. The van der Waals surface area contributed by atoms with Crippen LogP contribution in [-0.4, -0.2) is 34.3 Å². The molecular weight excluding hydrogens is 433 g/mol. The lowest BCUT2D eigenvalue weighted by Crippen LogP contribution is -2.43. The van der Waals surface area contributed by atoms with Crippen molar-refractivity contribution in [2.45, 2.75) is 18.9 Å². The molecule has 1 aromatic carbocycles. The van der Waals surface area contributed by atoms with E-state index in [0.717, 1.165) is 47.7 Å². The van der Waals surface area contributed by atoms with Crippen molar-refractivity contribution in [2.24, 2.45) is 5.73 Å². The molecule has 5 nitrogen and oxygen atoms in total. The van der Waals surface area contributed by atoms with Crippen molar-refractivity contribution in [3.8, 4) is 11.4 Å². The second-order valence-electron chi connectivity index (χ2n) is 4.96. The van der Waals surface area contributed by atoms with Crippen LogP contribution in [0.3, 0.4) is 0 Å². The summed E-state index contributed by atoms with van der Waals surface area (Å²) in [4.78, 5) is 6.76.